The number of aryl methyl sites for hydroxylation is 3. The lowest BCUT2D eigenvalue weighted by atomic mass is 9.70. The van der Waals surface area contributed by atoms with Gasteiger partial charge in [0.2, 0.25) is 0 Å². The first-order valence-electron chi connectivity index (χ1n) is 11.8. The highest BCUT2D eigenvalue weighted by Gasteiger charge is 2.28. The zero-order valence-electron chi connectivity index (χ0n) is 18.8. The van der Waals surface area contributed by atoms with E-state index in [-0.39, 0.29) is 0 Å². The van der Waals surface area contributed by atoms with Crippen LogP contribution in [0.2, 0.25) is 0 Å². The standard InChI is InChI=1S/C27H30Br3N3/c28-25-10-7-19(16-31-25)1-4-22-13-23(5-2-20-8-11-26(29)32-17-20)15-24(14-22)6-3-21-9-12-27(30)33-18-21/h7-12,16-18,22-24H,1-6,13-15H2/t22-,23+,24-. The van der Waals surface area contributed by atoms with Gasteiger partial charge in [0.05, 0.1) is 0 Å². The smallest absolute Gasteiger partial charge is 0.106 e. The highest BCUT2D eigenvalue weighted by molar-refractivity contribution is 9.11. The van der Waals surface area contributed by atoms with Crippen molar-refractivity contribution in [2.75, 3.05) is 0 Å². The average Bonchev–Trinajstić information content (AvgIpc) is 2.83. The van der Waals surface area contributed by atoms with Crippen LogP contribution >= 0.6 is 47.8 Å². The van der Waals surface area contributed by atoms with E-state index in [0.29, 0.717) is 0 Å². The van der Waals surface area contributed by atoms with Crippen molar-refractivity contribution in [2.24, 2.45) is 17.8 Å². The molecule has 0 spiro atoms. The molecular weight excluding hydrogens is 606 g/mol. The van der Waals surface area contributed by atoms with Gasteiger partial charge in [0.25, 0.3) is 0 Å². The maximum atomic E-state index is 4.41. The minimum absolute atomic E-state index is 0.795. The van der Waals surface area contributed by atoms with Gasteiger partial charge in [0.1, 0.15) is 13.8 Å². The van der Waals surface area contributed by atoms with Crippen molar-refractivity contribution < 1.29 is 0 Å². The summed E-state index contributed by atoms with van der Waals surface area (Å²) in [6.45, 7) is 0. The first kappa shape index (κ1) is 25.0. The second-order valence-corrected chi connectivity index (χ2v) is 11.8. The first-order valence-corrected chi connectivity index (χ1v) is 14.2. The van der Waals surface area contributed by atoms with E-state index < -0.39 is 0 Å². The quantitative estimate of drug-likeness (QED) is 0.222. The van der Waals surface area contributed by atoms with Gasteiger partial charge in [-0.05, 0) is 158 Å². The molecule has 1 saturated carbocycles. The van der Waals surface area contributed by atoms with Crippen LogP contribution in [0.5, 0.6) is 0 Å². The van der Waals surface area contributed by atoms with Crippen molar-refractivity contribution in [2.45, 2.75) is 57.8 Å². The van der Waals surface area contributed by atoms with Crippen molar-refractivity contribution in [3.05, 3.63) is 85.5 Å². The van der Waals surface area contributed by atoms with Crippen molar-refractivity contribution in [3.63, 3.8) is 0 Å². The number of aromatic nitrogens is 3. The van der Waals surface area contributed by atoms with Crippen LogP contribution in [0, 0.1) is 17.8 Å². The Bertz CT molecular complexity index is 853. The minimum atomic E-state index is 0.795. The normalized spacial score (nSPS) is 20.6. The molecule has 0 aliphatic heterocycles. The van der Waals surface area contributed by atoms with Crippen LogP contribution in [0.15, 0.2) is 68.8 Å². The molecule has 0 aromatic carbocycles. The molecule has 0 amide bonds. The van der Waals surface area contributed by atoms with E-state index in [1.54, 1.807) is 0 Å². The van der Waals surface area contributed by atoms with Gasteiger partial charge >= 0.3 is 0 Å². The Balaban J connectivity index is 1.35. The summed E-state index contributed by atoms with van der Waals surface area (Å²) in [4.78, 5) is 13.2. The summed E-state index contributed by atoms with van der Waals surface area (Å²) in [5.41, 5.74) is 4.04. The molecule has 4 rings (SSSR count). The van der Waals surface area contributed by atoms with Gasteiger partial charge in [0.15, 0.2) is 0 Å². The van der Waals surface area contributed by atoms with Crippen molar-refractivity contribution >= 4 is 47.8 Å². The largest absolute Gasteiger partial charge is 0.249 e. The van der Waals surface area contributed by atoms with E-state index in [2.05, 4.69) is 99.1 Å². The van der Waals surface area contributed by atoms with Crippen LogP contribution in [-0.2, 0) is 19.3 Å². The second kappa shape index (κ2) is 12.6. The molecule has 3 aromatic heterocycles. The third-order valence-electron chi connectivity index (χ3n) is 6.89. The Labute approximate surface area is 222 Å². The van der Waals surface area contributed by atoms with Gasteiger partial charge in [0, 0.05) is 18.6 Å². The number of hydrogen-bond donors (Lipinski definition) is 0. The molecule has 3 nitrogen and oxygen atoms in total. The third kappa shape index (κ3) is 8.25. The lowest BCUT2D eigenvalue weighted by Crippen LogP contribution is -2.24. The molecule has 33 heavy (non-hydrogen) atoms. The molecule has 6 heteroatoms. The summed E-state index contributed by atoms with van der Waals surface area (Å²) in [7, 11) is 0. The van der Waals surface area contributed by atoms with E-state index in [1.165, 1.54) is 55.2 Å². The van der Waals surface area contributed by atoms with Gasteiger partial charge in [-0.25, -0.2) is 15.0 Å². The molecule has 0 saturated heterocycles. The average molecular weight is 636 g/mol. The van der Waals surface area contributed by atoms with Gasteiger partial charge < -0.3 is 0 Å². The van der Waals surface area contributed by atoms with Crippen LogP contribution in [0.4, 0.5) is 0 Å². The maximum absolute atomic E-state index is 4.41. The summed E-state index contributed by atoms with van der Waals surface area (Å²) in [5.74, 6) is 2.38. The molecule has 0 atom stereocenters. The predicted octanol–water partition coefficient (Wildman–Crippen LogP) is 8.39. The number of halogens is 3. The Kier molecular flexibility index (Phi) is 9.51. The van der Waals surface area contributed by atoms with E-state index in [1.807, 2.05) is 18.6 Å². The molecule has 0 radical (unpaired) electrons. The van der Waals surface area contributed by atoms with Gasteiger partial charge in [-0.2, -0.15) is 0 Å². The number of rotatable bonds is 9. The van der Waals surface area contributed by atoms with Crippen LogP contribution < -0.4 is 0 Å². The topological polar surface area (TPSA) is 38.7 Å². The van der Waals surface area contributed by atoms with Gasteiger partial charge in [-0.3, -0.25) is 0 Å². The lowest BCUT2D eigenvalue weighted by Gasteiger charge is -2.35. The molecule has 1 aliphatic rings. The second-order valence-electron chi connectivity index (χ2n) is 9.39. The number of hydrogen-bond acceptors (Lipinski definition) is 3. The Morgan fingerprint density at radius 2 is 0.818 bits per heavy atom. The Morgan fingerprint density at radius 1 is 0.515 bits per heavy atom. The number of pyridine rings is 3. The van der Waals surface area contributed by atoms with Gasteiger partial charge in [-0.1, -0.05) is 18.2 Å². The van der Waals surface area contributed by atoms with E-state index in [0.717, 1.165) is 50.8 Å². The monoisotopic (exact) mass is 633 g/mol. The molecule has 3 heterocycles. The molecule has 1 fully saturated rings. The fourth-order valence-electron chi connectivity index (χ4n) is 5.19. The lowest BCUT2D eigenvalue weighted by molar-refractivity contribution is 0.172. The van der Waals surface area contributed by atoms with Gasteiger partial charge in [-0.15, -0.1) is 0 Å². The molecule has 1 aliphatic carbocycles. The van der Waals surface area contributed by atoms with Crippen LogP contribution in [0.3, 0.4) is 0 Å². The summed E-state index contributed by atoms with van der Waals surface area (Å²) < 4.78 is 2.73. The first-order chi connectivity index (χ1) is 16.0. The zero-order chi connectivity index (χ0) is 23.0. The maximum Gasteiger partial charge on any atom is 0.106 e. The zero-order valence-corrected chi connectivity index (χ0v) is 23.5. The molecule has 0 N–H and O–H groups in total. The molecule has 174 valence electrons. The number of nitrogens with zero attached hydrogens (tertiary/aromatic N) is 3. The summed E-state index contributed by atoms with van der Waals surface area (Å²) in [6.07, 6.45) is 17.3. The highest BCUT2D eigenvalue weighted by Crippen LogP contribution is 2.40. The fourth-order valence-corrected chi connectivity index (χ4v) is 5.89. The Hall–Kier alpha value is -1.11. The minimum Gasteiger partial charge on any atom is -0.249 e. The fraction of sp³-hybridized carbons (Fsp3) is 0.444. The summed E-state index contributed by atoms with van der Waals surface area (Å²) >= 11 is 10.3. The molecule has 0 bridgehead atoms. The van der Waals surface area contributed by atoms with Crippen LogP contribution in [0.1, 0.15) is 55.2 Å². The van der Waals surface area contributed by atoms with Crippen molar-refractivity contribution in [3.8, 4) is 0 Å². The van der Waals surface area contributed by atoms with Crippen LogP contribution in [0.25, 0.3) is 0 Å². The Morgan fingerprint density at radius 3 is 1.06 bits per heavy atom. The highest BCUT2D eigenvalue weighted by atomic mass is 79.9. The summed E-state index contributed by atoms with van der Waals surface area (Å²) in [5, 5.41) is 0. The van der Waals surface area contributed by atoms with E-state index in [9.17, 15) is 0 Å². The van der Waals surface area contributed by atoms with Crippen molar-refractivity contribution in [1.29, 1.82) is 0 Å². The SMILES string of the molecule is Brc1ccc(CC[C@H]2C[C@@H](CCc3ccc(Br)nc3)C[C@@H](CCc3ccc(Br)nc3)C2)cn1. The molecular formula is C27H30Br3N3. The molecule has 3 aromatic rings. The predicted molar refractivity (Wildman–Crippen MR) is 145 cm³/mol. The summed E-state index contributed by atoms with van der Waals surface area (Å²) in [6, 6.07) is 12.8. The van der Waals surface area contributed by atoms with Crippen molar-refractivity contribution in [1.82, 2.24) is 15.0 Å². The van der Waals surface area contributed by atoms with E-state index >= 15 is 0 Å². The van der Waals surface area contributed by atoms with E-state index in [4.69, 9.17) is 0 Å². The molecule has 0 unspecified atom stereocenters. The van der Waals surface area contributed by atoms with Crippen LogP contribution in [-0.4, -0.2) is 15.0 Å². The third-order valence-corrected chi connectivity index (χ3v) is 8.30.